The first-order chi connectivity index (χ1) is 9.50. The van der Waals surface area contributed by atoms with Gasteiger partial charge in [-0.25, -0.2) is 0 Å². The summed E-state index contributed by atoms with van der Waals surface area (Å²) in [4.78, 5) is 25.0. The Kier molecular flexibility index (Phi) is 4.39. The molecule has 5 heteroatoms. The highest BCUT2D eigenvalue weighted by atomic mass is 16.4. The van der Waals surface area contributed by atoms with Gasteiger partial charge in [0.15, 0.2) is 0 Å². The SMILES string of the molecule is CC1C(C(=O)O)CCN1C(=O)C(N)Cc1ccccc1. The van der Waals surface area contributed by atoms with Gasteiger partial charge in [-0.15, -0.1) is 0 Å². The summed E-state index contributed by atoms with van der Waals surface area (Å²) in [7, 11) is 0. The second-order valence-electron chi connectivity index (χ2n) is 5.30. The number of hydrogen-bond donors (Lipinski definition) is 2. The topological polar surface area (TPSA) is 83.6 Å². The van der Waals surface area contributed by atoms with Gasteiger partial charge in [-0.1, -0.05) is 30.3 Å². The second kappa shape index (κ2) is 6.05. The summed E-state index contributed by atoms with van der Waals surface area (Å²) in [5, 5.41) is 9.09. The first kappa shape index (κ1) is 14.5. The van der Waals surface area contributed by atoms with E-state index in [2.05, 4.69) is 0 Å². The molecule has 1 aromatic rings. The zero-order valence-electron chi connectivity index (χ0n) is 11.5. The molecule has 0 saturated carbocycles. The summed E-state index contributed by atoms with van der Waals surface area (Å²) in [6.07, 6.45) is 0.973. The number of carbonyl (C=O) groups excluding carboxylic acids is 1. The van der Waals surface area contributed by atoms with Crippen LogP contribution >= 0.6 is 0 Å². The molecular weight excluding hydrogens is 256 g/mol. The Labute approximate surface area is 118 Å². The first-order valence-corrected chi connectivity index (χ1v) is 6.83. The van der Waals surface area contributed by atoms with Gasteiger partial charge in [0.1, 0.15) is 0 Å². The lowest BCUT2D eigenvalue weighted by Gasteiger charge is -2.26. The monoisotopic (exact) mass is 276 g/mol. The van der Waals surface area contributed by atoms with Gasteiger partial charge in [-0.3, -0.25) is 9.59 Å². The molecule has 3 unspecified atom stereocenters. The number of nitrogens with two attached hydrogens (primary N) is 1. The summed E-state index contributed by atoms with van der Waals surface area (Å²) in [5.74, 6) is -1.49. The van der Waals surface area contributed by atoms with E-state index in [0.29, 0.717) is 19.4 Å². The largest absolute Gasteiger partial charge is 0.481 e. The molecule has 1 saturated heterocycles. The van der Waals surface area contributed by atoms with E-state index in [1.54, 1.807) is 11.8 Å². The van der Waals surface area contributed by atoms with Gasteiger partial charge in [0.25, 0.3) is 0 Å². The fraction of sp³-hybridized carbons (Fsp3) is 0.467. The van der Waals surface area contributed by atoms with Crippen LogP contribution < -0.4 is 5.73 Å². The van der Waals surface area contributed by atoms with Crippen molar-refractivity contribution < 1.29 is 14.7 Å². The third-order valence-corrected chi connectivity index (χ3v) is 3.97. The van der Waals surface area contributed by atoms with Crippen molar-refractivity contribution in [1.82, 2.24) is 4.90 Å². The normalized spacial score (nSPS) is 23.6. The number of amides is 1. The highest BCUT2D eigenvalue weighted by Gasteiger charge is 2.39. The van der Waals surface area contributed by atoms with Crippen LogP contribution in [-0.4, -0.2) is 40.5 Å². The van der Waals surface area contributed by atoms with E-state index < -0.39 is 17.9 Å². The molecule has 1 heterocycles. The van der Waals surface area contributed by atoms with E-state index in [9.17, 15) is 9.59 Å². The van der Waals surface area contributed by atoms with Gasteiger partial charge in [0.05, 0.1) is 12.0 Å². The number of aliphatic carboxylic acids is 1. The maximum atomic E-state index is 12.3. The van der Waals surface area contributed by atoms with Crippen molar-refractivity contribution in [2.24, 2.45) is 11.7 Å². The standard InChI is InChI=1S/C15H20N2O3/c1-10-12(15(19)20)7-8-17(10)14(18)13(16)9-11-5-3-2-4-6-11/h2-6,10,12-13H,7-9,16H2,1H3,(H,19,20). The van der Waals surface area contributed by atoms with Crippen LogP contribution in [0, 0.1) is 5.92 Å². The third-order valence-electron chi connectivity index (χ3n) is 3.97. The number of likely N-dealkylation sites (tertiary alicyclic amines) is 1. The lowest BCUT2D eigenvalue weighted by molar-refractivity contribution is -0.143. The van der Waals surface area contributed by atoms with Gasteiger partial charge >= 0.3 is 5.97 Å². The van der Waals surface area contributed by atoms with Crippen LogP contribution in [0.1, 0.15) is 18.9 Å². The van der Waals surface area contributed by atoms with Crippen LogP contribution in [0.15, 0.2) is 30.3 Å². The zero-order valence-corrected chi connectivity index (χ0v) is 11.5. The minimum absolute atomic E-state index is 0.162. The summed E-state index contributed by atoms with van der Waals surface area (Å²) in [6, 6.07) is 8.68. The van der Waals surface area contributed by atoms with Crippen molar-refractivity contribution in [2.75, 3.05) is 6.54 Å². The Balaban J connectivity index is 1.99. The van der Waals surface area contributed by atoms with Gasteiger partial charge in [0, 0.05) is 12.6 Å². The van der Waals surface area contributed by atoms with E-state index in [0.717, 1.165) is 5.56 Å². The van der Waals surface area contributed by atoms with Crippen molar-refractivity contribution in [3.8, 4) is 0 Å². The molecule has 1 amide bonds. The Bertz CT molecular complexity index is 489. The van der Waals surface area contributed by atoms with Crippen molar-refractivity contribution in [3.63, 3.8) is 0 Å². The van der Waals surface area contributed by atoms with Crippen LogP contribution in [-0.2, 0) is 16.0 Å². The molecule has 1 aliphatic rings. The lowest BCUT2D eigenvalue weighted by Crippen LogP contribution is -2.47. The van der Waals surface area contributed by atoms with Crippen molar-refractivity contribution >= 4 is 11.9 Å². The Morgan fingerprint density at radius 2 is 2.05 bits per heavy atom. The summed E-state index contributed by atoms with van der Waals surface area (Å²) < 4.78 is 0. The van der Waals surface area contributed by atoms with E-state index in [1.165, 1.54) is 0 Å². The first-order valence-electron chi connectivity index (χ1n) is 6.83. The molecule has 5 nitrogen and oxygen atoms in total. The summed E-state index contributed by atoms with van der Waals surface area (Å²) in [5.41, 5.74) is 6.98. The molecule has 1 aliphatic heterocycles. The van der Waals surface area contributed by atoms with E-state index in [1.807, 2.05) is 30.3 Å². The smallest absolute Gasteiger partial charge is 0.308 e. The maximum Gasteiger partial charge on any atom is 0.308 e. The maximum absolute atomic E-state index is 12.3. The van der Waals surface area contributed by atoms with Gasteiger partial charge in [-0.05, 0) is 25.3 Å². The molecule has 1 aromatic carbocycles. The molecular formula is C15H20N2O3. The van der Waals surface area contributed by atoms with Crippen LogP contribution in [0.5, 0.6) is 0 Å². The quantitative estimate of drug-likeness (QED) is 0.855. The number of rotatable bonds is 4. The van der Waals surface area contributed by atoms with Gasteiger partial charge in [0.2, 0.25) is 5.91 Å². The molecule has 3 N–H and O–H groups in total. The molecule has 0 aromatic heterocycles. The molecule has 3 atom stereocenters. The van der Waals surface area contributed by atoms with Crippen molar-refractivity contribution in [3.05, 3.63) is 35.9 Å². The third kappa shape index (κ3) is 2.99. The lowest BCUT2D eigenvalue weighted by atomic mass is 10.0. The minimum atomic E-state index is -0.843. The zero-order chi connectivity index (χ0) is 14.7. The van der Waals surface area contributed by atoms with Crippen LogP contribution in [0.4, 0.5) is 0 Å². The van der Waals surface area contributed by atoms with E-state index in [-0.39, 0.29) is 11.9 Å². The Morgan fingerprint density at radius 3 is 2.60 bits per heavy atom. The molecule has 0 bridgehead atoms. The van der Waals surface area contributed by atoms with Crippen molar-refractivity contribution in [2.45, 2.75) is 31.8 Å². The predicted molar refractivity (Wildman–Crippen MR) is 75.0 cm³/mol. The number of carbonyl (C=O) groups is 2. The number of nitrogens with zero attached hydrogens (tertiary/aromatic N) is 1. The molecule has 0 aliphatic carbocycles. The van der Waals surface area contributed by atoms with Crippen LogP contribution in [0.3, 0.4) is 0 Å². The average Bonchev–Trinajstić information content (AvgIpc) is 2.81. The minimum Gasteiger partial charge on any atom is -0.481 e. The fourth-order valence-corrected chi connectivity index (χ4v) is 2.75. The predicted octanol–water partition coefficient (Wildman–Crippen LogP) is 0.878. The number of benzene rings is 1. The molecule has 1 fully saturated rings. The van der Waals surface area contributed by atoms with Gasteiger partial charge < -0.3 is 15.7 Å². The number of carboxylic acids is 1. The fourth-order valence-electron chi connectivity index (χ4n) is 2.75. The Hall–Kier alpha value is -1.88. The number of hydrogen-bond acceptors (Lipinski definition) is 3. The molecule has 0 radical (unpaired) electrons. The van der Waals surface area contributed by atoms with Crippen LogP contribution in [0.2, 0.25) is 0 Å². The van der Waals surface area contributed by atoms with Crippen molar-refractivity contribution in [1.29, 1.82) is 0 Å². The average molecular weight is 276 g/mol. The highest BCUT2D eigenvalue weighted by molar-refractivity contribution is 5.84. The molecule has 2 rings (SSSR count). The van der Waals surface area contributed by atoms with Gasteiger partial charge in [-0.2, -0.15) is 0 Å². The summed E-state index contributed by atoms with van der Waals surface area (Å²) in [6.45, 7) is 2.25. The summed E-state index contributed by atoms with van der Waals surface area (Å²) >= 11 is 0. The van der Waals surface area contributed by atoms with E-state index >= 15 is 0 Å². The second-order valence-corrected chi connectivity index (χ2v) is 5.30. The molecule has 108 valence electrons. The highest BCUT2D eigenvalue weighted by Crippen LogP contribution is 2.25. The Morgan fingerprint density at radius 1 is 1.40 bits per heavy atom. The van der Waals surface area contributed by atoms with E-state index in [4.69, 9.17) is 10.8 Å². The number of carboxylic acid groups (broad SMARTS) is 1. The molecule has 0 spiro atoms. The molecule has 20 heavy (non-hydrogen) atoms. The van der Waals surface area contributed by atoms with Crippen LogP contribution in [0.25, 0.3) is 0 Å².